The van der Waals surface area contributed by atoms with Crippen LogP contribution in [0.5, 0.6) is 0 Å². The third-order valence-corrected chi connectivity index (χ3v) is 2.41. The molecular formula is C9H9NS2. The lowest BCUT2D eigenvalue weighted by Gasteiger charge is -1.96. The summed E-state index contributed by atoms with van der Waals surface area (Å²) in [6, 6.07) is 6.08. The Morgan fingerprint density at radius 1 is 1.17 bits per heavy atom. The fourth-order valence-corrected chi connectivity index (χ4v) is 1.96. The third kappa shape index (κ3) is 1.23. The number of rotatable bonds is 0. The monoisotopic (exact) mass is 195 g/mol. The second-order valence-electron chi connectivity index (χ2n) is 2.88. The molecule has 2 aromatic rings. The topological polar surface area (TPSA) is 15.8 Å². The smallest absolute Gasteiger partial charge is 0.0701 e. The SMILES string of the molecule is Cc1cc(S)cc2[nH]c(S)cc12. The second kappa shape index (κ2) is 2.75. The molecule has 1 aromatic heterocycles. The minimum absolute atomic E-state index is 0.895. The third-order valence-electron chi connectivity index (χ3n) is 1.92. The van der Waals surface area contributed by atoms with Gasteiger partial charge in [-0.3, -0.25) is 0 Å². The maximum Gasteiger partial charge on any atom is 0.0701 e. The van der Waals surface area contributed by atoms with Crippen LogP contribution in [0.15, 0.2) is 28.1 Å². The Kier molecular flexibility index (Phi) is 1.85. The van der Waals surface area contributed by atoms with E-state index < -0.39 is 0 Å². The summed E-state index contributed by atoms with van der Waals surface area (Å²) in [5.74, 6) is 0. The van der Waals surface area contributed by atoms with Crippen LogP contribution < -0.4 is 0 Å². The number of aryl methyl sites for hydroxylation is 1. The lowest BCUT2D eigenvalue weighted by atomic mass is 10.1. The van der Waals surface area contributed by atoms with E-state index >= 15 is 0 Å². The molecule has 1 N–H and O–H groups in total. The first-order chi connectivity index (χ1) is 5.66. The predicted molar refractivity (Wildman–Crippen MR) is 57.5 cm³/mol. The molecule has 0 aliphatic heterocycles. The van der Waals surface area contributed by atoms with Gasteiger partial charge in [0, 0.05) is 15.8 Å². The van der Waals surface area contributed by atoms with Gasteiger partial charge >= 0.3 is 0 Å². The maximum absolute atomic E-state index is 4.29. The van der Waals surface area contributed by atoms with Gasteiger partial charge in [-0.1, -0.05) is 0 Å². The maximum atomic E-state index is 4.29. The number of hydrogen-bond donors (Lipinski definition) is 3. The number of thiol groups is 2. The van der Waals surface area contributed by atoms with E-state index in [9.17, 15) is 0 Å². The van der Waals surface area contributed by atoms with E-state index in [1.807, 2.05) is 18.2 Å². The van der Waals surface area contributed by atoms with E-state index in [0.717, 1.165) is 15.4 Å². The molecule has 0 aliphatic rings. The summed E-state index contributed by atoms with van der Waals surface area (Å²) in [5, 5.41) is 2.12. The summed E-state index contributed by atoms with van der Waals surface area (Å²) in [5.41, 5.74) is 2.33. The van der Waals surface area contributed by atoms with Crippen molar-refractivity contribution in [1.82, 2.24) is 4.98 Å². The Bertz CT molecular complexity index is 431. The number of aromatic amines is 1. The van der Waals surface area contributed by atoms with E-state index in [0.29, 0.717) is 0 Å². The van der Waals surface area contributed by atoms with Crippen LogP contribution in [-0.4, -0.2) is 4.98 Å². The first kappa shape index (κ1) is 8.08. The highest BCUT2D eigenvalue weighted by atomic mass is 32.1. The van der Waals surface area contributed by atoms with E-state index in [2.05, 4.69) is 37.2 Å². The number of nitrogens with one attached hydrogen (secondary N) is 1. The van der Waals surface area contributed by atoms with Gasteiger partial charge < -0.3 is 4.98 Å². The number of hydrogen-bond acceptors (Lipinski definition) is 2. The van der Waals surface area contributed by atoms with Crippen LogP contribution in [0.1, 0.15) is 5.56 Å². The Balaban J connectivity index is 2.88. The van der Waals surface area contributed by atoms with Crippen molar-refractivity contribution in [3.05, 3.63) is 23.8 Å². The van der Waals surface area contributed by atoms with E-state index in [1.54, 1.807) is 0 Å². The van der Waals surface area contributed by atoms with Gasteiger partial charge in [-0.25, -0.2) is 0 Å². The molecule has 1 heterocycles. The molecule has 2 rings (SSSR count). The van der Waals surface area contributed by atoms with Crippen LogP contribution in [0.2, 0.25) is 0 Å². The Labute approximate surface area is 82.0 Å². The molecule has 1 aromatic carbocycles. The van der Waals surface area contributed by atoms with Gasteiger partial charge in [0.1, 0.15) is 0 Å². The fourth-order valence-electron chi connectivity index (χ4n) is 1.39. The van der Waals surface area contributed by atoms with Gasteiger partial charge in [0.15, 0.2) is 0 Å². The van der Waals surface area contributed by atoms with Gasteiger partial charge in [0.2, 0.25) is 0 Å². The van der Waals surface area contributed by atoms with E-state index in [1.165, 1.54) is 10.9 Å². The van der Waals surface area contributed by atoms with Crippen LogP contribution in [0.4, 0.5) is 0 Å². The Hall–Kier alpha value is -0.540. The van der Waals surface area contributed by atoms with Gasteiger partial charge in [0.25, 0.3) is 0 Å². The van der Waals surface area contributed by atoms with Gasteiger partial charge in [-0.15, -0.1) is 25.3 Å². The van der Waals surface area contributed by atoms with E-state index in [4.69, 9.17) is 0 Å². The molecule has 0 spiro atoms. The molecule has 1 nitrogen and oxygen atoms in total. The number of benzene rings is 1. The standard InChI is InChI=1S/C9H9NS2/c1-5-2-6(11)3-8-7(5)4-9(12)10-8/h2-4,10-12H,1H3. The Morgan fingerprint density at radius 3 is 2.67 bits per heavy atom. The van der Waals surface area contributed by atoms with Crippen molar-refractivity contribution in [3.8, 4) is 0 Å². The zero-order chi connectivity index (χ0) is 8.72. The Morgan fingerprint density at radius 2 is 1.92 bits per heavy atom. The van der Waals surface area contributed by atoms with Crippen molar-refractivity contribution in [2.75, 3.05) is 0 Å². The molecule has 0 aliphatic carbocycles. The average molecular weight is 195 g/mol. The summed E-state index contributed by atoms with van der Waals surface area (Å²) in [4.78, 5) is 4.14. The van der Waals surface area contributed by atoms with Crippen LogP contribution in [-0.2, 0) is 0 Å². The zero-order valence-electron chi connectivity index (χ0n) is 6.63. The van der Waals surface area contributed by atoms with Crippen molar-refractivity contribution in [3.63, 3.8) is 0 Å². The molecule has 0 unspecified atom stereocenters. The molecular weight excluding hydrogens is 186 g/mol. The minimum atomic E-state index is 0.895. The van der Waals surface area contributed by atoms with Gasteiger partial charge in [-0.2, -0.15) is 0 Å². The van der Waals surface area contributed by atoms with Crippen molar-refractivity contribution in [1.29, 1.82) is 0 Å². The summed E-state index contributed by atoms with van der Waals surface area (Å²) in [6.45, 7) is 2.07. The second-order valence-corrected chi connectivity index (χ2v) is 3.88. The van der Waals surface area contributed by atoms with E-state index in [-0.39, 0.29) is 0 Å². The normalized spacial score (nSPS) is 10.9. The molecule has 0 saturated carbocycles. The number of H-pyrrole nitrogens is 1. The van der Waals surface area contributed by atoms with Crippen molar-refractivity contribution in [2.24, 2.45) is 0 Å². The van der Waals surface area contributed by atoms with Crippen LogP contribution in [0, 0.1) is 6.92 Å². The van der Waals surface area contributed by atoms with Crippen LogP contribution >= 0.6 is 25.3 Å². The molecule has 0 saturated heterocycles. The summed E-state index contributed by atoms with van der Waals surface area (Å²) < 4.78 is 0. The molecule has 3 heteroatoms. The van der Waals surface area contributed by atoms with Crippen molar-refractivity contribution >= 4 is 36.2 Å². The largest absolute Gasteiger partial charge is 0.350 e. The minimum Gasteiger partial charge on any atom is -0.350 e. The first-order valence-corrected chi connectivity index (χ1v) is 4.57. The fraction of sp³-hybridized carbons (Fsp3) is 0.111. The molecule has 12 heavy (non-hydrogen) atoms. The predicted octanol–water partition coefficient (Wildman–Crippen LogP) is 3.05. The zero-order valence-corrected chi connectivity index (χ0v) is 8.42. The summed E-state index contributed by atoms with van der Waals surface area (Å²) >= 11 is 8.54. The molecule has 0 fully saturated rings. The quantitative estimate of drug-likeness (QED) is 0.536. The molecule has 0 bridgehead atoms. The number of aromatic nitrogens is 1. The van der Waals surface area contributed by atoms with Crippen LogP contribution in [0.25, 0.3) is 10.9 Å². The average Bonchev–Trinajstić information content (AvgIpc) is 2.29. The van der Waals surface area contributed by atoms with Crippen molar-refractivity contribution in [2.45, 2.75) is 16.8 Å². The van der Waals surface area contributed by atoms with Crippen LogP contribution in [0.3, 0.4) is 0 Å². The lowest BCUT2D eigenvalue weighted by Crippen LogP contribution is -1.75. The van der Waals surface area contributed by atoms with Gasteiger partial charge in [-0.05, 0) is 30.7 Å². The highest BCUT2D eigenvalue weighted by Gasteiger charge is 2.01. The lowest BCUT2D eigenvalue weighted by molar-refractivity contribution is 1.25. The molecule has 62 valence electrons. The van der Waals surface area contributed by atoms with Gasteiger partial charge in [0.05, 0.1) is 5.03 Å². The highest BCUT2D eigenvalue weighted by molar-refractivity contribution is 7.80. The first-order valence-electron chi connectivity index (χ1n) is 3.68. The summed E-state index contributed by atoms with van der Waals surface area (Å²) in [7, 11) is 0. The number of fused-ring (bicyclic) bond motifs is 1. The van der Waals surface area contributed by atoms with Crippen molar-refractivity contribution < 1.29 is 0 Å². The molecule has 0 radical (unpaired) electrons. The molecule has 0 atom stereocenters. The molecule has 0 amide bonds. The highest BCUT2D eigenvalue weighted by Crippen LogP contribution is 2.24. The summed E-state index contributed by atoms with van der Waals surface area (Å²) in [6.07, 6.45) is 0.